The van der Waals surface area contributed by atoms with E-state index < -0.39 is 19.7 Å². The Bertz CT molecular complexity index is 2170. The van der Waals surface area contributed by atoms with E-state index in [4.69, 9.17) is 0 Å². The fraction of sp³-hybridized carbons (Fsp3) is 0.0526. The summed E-state index contributed by atoms with van der Waals surface area (Å²) in [6.45, 7) is 3.27. The summed E-state index contributed by atoms with van der Waals surface area (Å²) in [6, 6.07) is 35.0. The third-order valence-corrected chi connectivity index (χ3v) is 11.2. The number of benzene rings is 6. The van der Waals surface area contributed by atoms with Gasteiger partial charge in [-0.3, -0.25) is 0 Å². The maximum absolute atomic E-state index is 13.3. The second-order valence-corrected chi connectivity index (χ2v) is 14.9. The molecule has 0 bridgehead atoms. The molecule has 6 aromatic carbocycles. The van der Waals surface area contributed by atoms with Gasteiger partial charge in [0.25, 0.3) is 0 Å². The molecule has 244 valence electrons. The standard InChI is InChI=1S/C24H18O4S.C14H14O4S/c25-23-13-11-19(15-21(23)17-7-3-1-4-8-17)29(27,28)20-12-14-24(26)22(16-20)18-9-5-2-6-10-18;1-9-7-11(3-5-13(9)15)19(17,18)12-4-6-14(16)10(2)8-12/h1-16,25-26H;3-8,15-16H,1-2H3. The lowest BCUT2D eigenvalue weighted by Gasteiger charge is -2.11. The number of hydrogen-bond acceptors (Lipinski definition) is 8. The van der Waals surface area contributed by atoms with Crippen LogP contribution in [-0.2, 0) is 19.7 Å². The Labute approximate surface area is 279 Å². The molecular formula is C38H32O8S2. The summed E-state index contributed by atoms with van der Waals surface area (Å²) < 4.78 is 51.3. The van der Waals surface area contributed by atoms with Crippen LogP contribution in [-0.4, -0.2) is 37.3 Å². The van der Waals surface area contributed by atoms with Gasteiger partial charge in [0.05, 0.1) is 19.6 Å². The van der Waals surface area contributed by atoms with Crippen molar-refractivity contribution in [3.63, 3.8) is 0 Å². The summed E-state index contributed by atoms with van der Waals surface area (Å²) >= 11 is 0. The topological polar surface area (TPSA) is 149 Å². The van der Waals surface area contributed by atoms with Crippen molar-refractivity contribution in [3.8, 4) is 45.3 Å². The average molecular weight is 681 g/mol. The van der Waals surface area contributed by atoms with E-state index in [1.807, 2.05) is 36.4 Å². The van der Waals surface area contributed by atoms with E-state index in [2.05, 4.69) is 0 Å². The van der Waals surface area contributed by atoms with Crippen molar-refractivity contribution in [1.29, 1.82) is 0 Å². The molecule has 8 nitrogen and oxygen atoms in total. The van der Waals surface area contributed by atoms with Crippen molar-refractivity contribution < 1.29 is 37.3 Å². The Morgan fingerprint density at radius 1 is 0.375 bits per heavy atom. The molecule has 0 aliphatic heterocycles. The molecule has 0 aliphatic carbocycles. The molecule has 4 N–H and O–H groups in total. The third-order valence-electron chi connectivity index (χ3n) is 7.68. The van der Waals surface area contributed by atoms with Crippen LogP contribution in [0, 0.1) is 13.8 Å². The largest absolute Gasteiger partial charge is 0.508 e. The molecule has 6 aromatic rings. The first-order chi connectivity index (χ1) is 22.8. The van der Waals surface area contributed by atoms with Crippen molar-refractivity contribution in [2.45, 2.75) is 33.4 Å². The van der Waals surface area contributed by atoms with E-state index in [0.717, 1.165) is 11.1 Å². The average Bonchev–Trinajstić information content (AvgIpc) is 3.08. The fourth-order valence-corrected chi connectivity index (χ4v) is 7.67. The van der Waals surface area contributed by atoms with E-state index in [9.17, 15) is 37.3 Å². The SMILES string of the molecule is Cc1cc(S(=O)(=O)c2ccc(O)c(C)c2)ccc1O.O=S(=O)(c1ccc(O)c(-c2ccccc2)c1)c1ccc(O)c(-c2ccccc2)c1. The highest BCUT2D eigenvalue weighted by Crippen LogP contribution is 2.36. The zero-order valence-electron chi connectivity index (χ0n) is 25.9. The molecule has 0 heterocycles. The predicted octanol–water partition coefficient (Wildman–Crippen LogP) is 7.81. The summed E-state index contributed by atoms with van der Waals surface area (Å²) in [4.78, 5) is 0.374. The third kappa shape index (κ3) is 7.05. The summed E-state index contributed by atoms with van der Waals surface area (Å²) in [7, 11) is -7.50. The molecule has 0 atom stereocenters. The fourth-order valence-electron chi connectivity index (χ4n) is 4.92. The van der Waals surface area contributed by atoms with E-state index in [-0.39, 0.29) is 42.6 Å². The molecule has 0 aliphatic rings. The number of phenolic OH excluding ortho intramolecular Hbond substituents is 4. The predicted molar refractivity (Wildman–Crippen MR) is 184 cm³/mol. The van der Waals surface area contributed by atoms with E-state index in [1.54, 1.807) is 38.1 Å². The van der Waals surface area contributed by atoms with Gasteiger partial charge in [0.1, 0.15) is 23.0 Å². The highest BCUT2D eigenvalue weighted by atomic mass is 32.2. The van der Waals surface area contributed by atoms with Gasteiger partial charge < -0.3 is 20.4 Å². The van der Waals surface area contributed by atoms with Crippen LogP contribution in [0.25, 0.3) is 22.3 Å². The Morgan fingerprint density at radius 2 is 0.667 bits per heavy atom. The van der Waals surface area contributed by atoms with Crippen LogP contribution in [0.15, 0.2) is 153 Å². The minimum atomic E-state index is -3.86. The normalized spacial score (nSPS) is 11.4. The van der Waals surface area contributed by atoms with Crippen molar-refractivity contribution in [3.05, 3.63) is 145 Å². The second kappa shape index (κ2) is 13.6. The molecule has 0 saturated carbocycles. The van der Waals surface area contributed by atoms with Crippen LogP contribution < -0.4 is 0 Å². The van der Waals surface area contributed by atoms with Gasteiger partial charge in [-0.05, 0) is 109 Å². The number of aromatic hydroxyl groups is 4. The molecule has 0 spiro atoms. The van der Waals surface area contributed by atoms with Gasteiger partial charge in [-0.2, -0.15) is 0 Å². The number of aryl methyl sites for hydroxylation is 2. The summed E-state index contributed by atoms with van der Waals surface area (Å²) in [5.41, 5.74) is 3.31. The monoisotopic (exact) mass is 680 g/mol. The minimum absolute atomic E-state index is 0.00540. The lowest BCUT2D eigenvalue weighted by atomic mass is 10.1. The molecule has 0 radical (unpaired) electrons. The van der Waals surface area contributed by atoms with E-state index in [0.29, 0.717) is 22.3 Å². The number of rotatable bonds is 6. The minimum Gasteiger partial charge on any atom is -0.508 e. The maximum Gasteiger partial charge on any atom is 0.206 e. The molecule has 0 aromatic heterocycles. The first kappa shape index (κ1) is 33.8. The highest BCUT2D eigenvalue weighted by molar-refractivity contribution is 7.91. The van der Waals surface area contributed by atoms with Gasteiger partial charge in [0, 0.05) is 11.1 Å². The van der Waals surface area contributed by atoms with Crippen LogP contribution in [0.2, 0.25) is 0 Å². The lowest BCUT2D eigenvalue weighted by Crippen LogP contribution is -2.02. The number of hydrogen-bond donors (Lipinski definition) is 4. The first-order valence-electron chi connectivity index (χ1n) is 14.7. The van der Waals surface area contributed by atoms with Crippen LogP contribution >= 0.6 is 0 Å². The number of phenols is 4. The smallest absolute Gasteiger partial charge is 0.206 e. The Kier molecular flexibility index (Phi) is 9.60. The van der Waals surface area contributed by atoms with Crippen molar-refractivity contribution in [1.82, 2.24) is 0 Å². The summed E-state index contributed by atoms with van der Waals surface area (Å²) in [6.07, 6.45) is 0. The van der Waals surface area contributed by atoms with Crippen LogP contribution in [0.3, 0.4) is 0 Å². The molecule has 0 saturated heterocycles. The molecule has 10 heteroatoms. The second-order valence-electron chi connectivity index (χ2n) is 11.0. The zero-order valence-corrected chi connectivity index (χ0v) is 27.6. The van der Waals surface area contributed by atoms with Crippen molar-refractivity contribution in [2.24, 2.45) is 0 Å². The zero-order chi connectivity index (χ0) is 34.6. The van der Waals surface area contributed by atoms with Gasteiger partial charge in [0.15, 0.2) is 0 Å². The van der Waals surface area contributed by atoms with Crippen LogP contribution in [0.4, 0.5) is 0 Å². The molecule has 0 fully saturated rings. The van der Waals surface area contributed by atoms with Gasteiger partial charge >= 0.3 is 0 Å². The van der Waals surface area contributed by atoms with Crippen LogP contribution in [0.5, 0.6) is 23.0 Å². The van der Waals surface area contributed by atoms with Gasteiger partial charge in [-0.15, -0.1) is 0 Å². The Balaban J connectivity index is 0.000000206. The van der Waals surface area contributed by atoms with E-state index >= 15 is 0 Å². The van der Waals surface area contributed by atoms with Gasteiger partial charge in [-0.1, -0.05) is 60.7 Å². The highest BCUT2D eigenvalue weighted by Gasteiger charge is 2.22. The van der Waals surface area contributed by atoms with Crippen molar-refractivity contribution >= 4 is 19.7 Å². The number of sulfone groups is 2. The van der Waals surface area contributed by atoms with Crippen molar-refractivity contribution in [2.75, 3.05) is 0 Å². The summed E-state index contributed by atoms with van der Waals surface area (Å²) in [5.74, 6) is 0.123. The van der Waals surface area contributed by atoms with Gasteiger partial charge in [-0.25, -0.2) is 16.8 Å². The molecule has 0 amide bonds. The van der Waals surface area contributed by atoms with E-state index in [1.165, 1.54) is 72.8 Å². The Hall–Kier alpha value is -5.58. The Morgan fingerprint density at radius 3 is 0.979 bits per heavy atom. The molecular weight excluding hydrogens is 649 g/mol. The maximum atomic E-state index is 13.3. The van der Waals surface area contributed by atoms with Crippen LogP contribution in [0.1, 0.15) is 11.1 Å². The van der Waals surface area contributed by atoms with Gasteiger partial charge in [0.2, 0.25) is 19.7 Å². The quantitative estimate of drug-likeness (QED) is 0.139. The summed E-state index contributed by atoms with van der Waals surface area (Å²) in [5, 5.41) is 39.3. The molecule has 6 rings (SSSR count). The lowest BCUT2D eigenvalue weighted by molar-refractivity contribution is 0.470. The first-order valence-corrected chi connectivity index (χ1v) is 17.6. The molecule has 48 heavy (non-hydrogen) atoms. The molecule has 0 unspecified atom stereocenters.